The van der Waals surface area contributed by atoms with E-state index in [9.17, 15) is 4.79 Å². The van der Waals surface area contributed by atoms with E-state index < -0.39 is 0 Å². The van der Waals surface area contributed by atoms with Crippen LogP contribution < -0.4 is 5.32 Å². The molecule has 1 atom stereocenters. The van der Waals surface area contributed by atoms with Gasteiger partial charge in [-0.15, -0.1) is 0 Å². The predicted molar refractivity (Wildman–Crippen MR) is 77.8 cm³/mol. The first-order valence-electron chi connectivity index (χ1n) is 7.17. The summed E-state index contributed by atoms with van der Waals surface area (Å²) in [6.45, 7) is 7.18. The number of nitrogens with one attached hydrogen (secondary N) is 1. The lowest BCUT2D eigenvalue weighted by molar-refractivity contribution is -0.131. The van der Waals surface area contributed by atoms with E-state index in [1.807, 2.05) is 23.1 Å². The Labute approximate surface area is 116 Å². The molecule has 3 nitrogen and oxygen atoms in total. The lowest BCUT2D eigenvalue weighted by Gasteiger charge is -2.31. The molecule has 19 heavy (non-hydrogen) atoms. The van der Waals surface area contributed by atoms with Crippen LogP contribution in [0.1, 0.15) is 39.2 Å². The highest BCUT2D eigenvalue weighted by molar-refractivity contribution is 5.85. The number of amides is 1. The third kappa shape index (κ3) is 3.16. The van der Waals surface area contributed by atoms with Crippen LogP contribution in [0.5, 0.6) is 0 Å². The number of benzene rings is 1. The average molecular weight is 260 g/mol. The minimum atomic E-state index is -0.230. The second-order valence-electron chi connectivity index (χ2n) is 5.79. The van der Waals surface area contributed by atoms with Gasteiger partial charge in [0.05, 0.1) is 11.7 Å². The van der Waals surface area contributed by atoms with E-state index in [0.29, 0.717) is 0 Å². The first-order valence-corrected chi connectivity index (χ1v) is 7.17. The molecule has 1 aromatic carbocycles. The smallest absolute Gasteiger partial charge is 0.241 e. The number of rotatable bonds is 5. The van der Waals surface area contributed by atoms with Gasteiger partial charge >= 0.3 is 0 Å². The van der Waals surface area contributed by atoms with Gasteiger partial charge in [0.2, 0.25) is 5.91 Å². The number of hydrogen-bond acceptors (Lipinski definition) is 2. The zero-order valence-electron chi connectivity index (χ0n) is 12.1. The molecule has 1 aromatic rings. The van der Waals surface area contributed by atoms with Crippen LogP contribution >= 0.6 is 0 Å². The third-order valence-electron chi connectivity index (χ3n) is 3.78. The minimum absolute atomic E-state index is 0.0887. The Hall–Kier alpha value is -1.35. The quantitative estimate of drug-likeness (QED) is 0.882. The Kier molecular flexibility index (Phi) is 4.25. The summed E-state index contributed by atoms with van der Waals surface area (Å²) >= 11 is 0. The van der Waals surface area contributed by atoms with E-state index in [1.54, 1.807) is 0 Å². The van der Waals surface area contributed by atoms with E-state index in [4.69, 9.17) is 0 Å². The average Bonchev–Trinajstić information content (AvgIpc) is 2.59. The van der Waals surface area contributed by atoms with Gasteiger partial charge in [0, 0.05) is 6.54 Å². The molecule has 1 N–H and O–H groups in total. The maximum Gasteiger partial charge on any atom is 0.241 e. The van der Waals surface area contributed by atoms with Crippen LogP contribution in [-0.2, 0) is 11.2 Å². The van der Waals surface area contributed by atoms with Gasteiger partial charge in [-0.1, -0.05) is 43.7 Å². The maximum absolute atomic E-state index is 12.5. The van der Waals surface area contributed by atoms with Crippen molar-refractivity contribution >= 4 is 5.91 Å². The standard InChI is InChI=1S/C16H24N2O/c1-4-5-11-18-15(19)14(17-16(18,2)3)12-13-9-7-6-8-10-13/h6-10,14,17H,4-5,11-12H2,1-3H3. The van der Waals surface area contributed by atoms with E-state index in [0.717, 1.165) is 25.8 Å². The summed E-state index contributed by atoms with van der Waals surface area (Å²) in [5.41, 5.74) is 0.979. The maximum atomic E-state index is 12.5. The van der Waals surface area contributed by atoms with Crippen LogP contribution in [0, 0.1) is 0 Å². The van der Waals surface area contributed by atoms with Gasteiger partial charge in [0.1, 0.15) is 0 Å². The van der Waals surface area contributed by atoms with Crippen molar-refractivity contribution in [1.29, 1.82) is 0 Å². The van der Waals surface area contributed by atoms with E-state index in [-0.39, 0.29) is 17.6 Å². The summed E-state index contributed by atoms with van der Waals surface area (Å²) in [7, 11) is 0. The Bertz CT molecular complexity index is 428. The van der Waals surface area contributed by atoms with E-state index in [2.05, 4.69) is 38.2 Å². The molecule has 2 rings (SSSR count). The summed E-state index contributed by atoms with van der Waals surface area (Å²) in [6, 6.07) is 10.1. The van der Waals surface area contributed by atoms with Crippen LogP contribution in [0.15, 0.2) is 30.3 Å². The summed E-state index contributed by atoms with van der Waals surface area (Å²) in [6.07, 6.45) is 2.95. The highest BCUT2D eigenvalue weighted by Crippen LogP contribution is 2.23. The molecule has 0 spiro atoms. The number of carbonyl (C=O) groups is 1. The zero-order chi connectivity index (χ0) is 13.9. The minimum Gasteiger partial charge on any atom is -0.324 e. The molecule has 1 aliphatic rings. The summed E-state index contributed by atoms with van der Waals surface area (Å²) in [5.74, 6) is 0.238. The molecule has 1 heterocycles. The molecule has 3 heteroatoms. The lowest BCUT2D eigenvalue weighted by Crippen LogP contribution is -2.47. The second-order valence-corrected chi connectivity index (χ2v) is 5.79. The van der Waals surface area contributed by atoms with Crippen molar-refractivity contribution in [3.63, 3.8) is 0 Å². The fraction of sp³-hybridized carbons (Fsp3) is 0.562. The topological polar surface area (TPSA) is 32.3 Å². The summed E-state index contributed by atoms with van der Waals surface area (Å²) < 4.78 is 0. The molecule has 0 aromatic heterocycles. The molecule has 1 unspecified atom stereocenters. The van der Waals surface area contributed by atoms with Crippen LogP contribution in [0.3, 0.4) is 0 Å². The number of hydrogen-bond donors (Lipinski definition) is 1. The molecule has 0 saturated carbocycles. The lowest BCUT2D eigenvalue weighted by atomic mass is 10.1. The van der Waals surface area contributed by atoms with Crippen molar-refractivity contribution in [2.75, 3.05) is 6.54 Å². The van der Waals surface area contributed by atoms with Crippen LogP contribution in [0.4, 0.5) is 0 Å². The number of nitrogens with zero attached hydrogens (tertiary/aromatic N) is 1. The van der Waals surface area contributed by atoms with Crippen LogP contribution in [0.2, 0.25) is 0 Å². The predicted octanol–water partition coefficient (Wildman–Crippen LogP) is 2.57. The van der Waals surface area contributed by atoms with Gasteiger partial charge in [0.25, 0.3) is 0 Å². The fourth-order valence-electron chi connectivity index (χ4n) is 2.72. The summed E-state index contributed by atoms with van der Waals surface area (Å²) in [4.78, 5) is 14.5. The Morgan fingerprint density at radius 3 is 2.58 bits per heavy atom. The molecule has 1 aliphatic heterocycles. The Morgan fingerprint density at radius 2 is 1.95 bits per heavy atom. The van der Waals surface area contributed by atoms with Crippen molar-refractivity contribution in [1.82, 2.24) is 10.2 Å². The van der Waals surface area contributed by atoms with Gasteiger partial charge in [0.15, 0.2) is 0 Å². The normalized spacial score (nSPS) is 21.9. The molecular weight excluding hydrogens is 236 g/mol. The molecule has 0 radical (unpaired) electrons. The Balaban J connectivity index is 2.06. The molecule has 104 valence electrons. The van der Waals surface area contributed by atoms with E-state index in [1.165, 1.54) is 5.56 Å². The van der Waals surface area contributed by atoms with Crippen molar-refractivity contribution in [2.45, 2.75) is 51.7 Å². The molecule has 1 saturated heterocycles. The highest BCUT2D eigenvalue weighted by atomic mass is 16.2. The molecule has 1 fully saturated rings. The first-order chi connectivity index (χ1) is 9.04. The SMILES string of the molecule is CCCCN1C(=O)C(Cc2ccccc2)NC1(C)C. The monoisotopic (exact) mass is 260 g/mol. The van der Waals surface area contributed by atoms with Crippen molar-refractivity contribution < 1.29 is 4.79 Å². The first kappa shape index (κ1) is 14.1. The fourth-order valence-corrected chi connectivity index (χ4v) is 2.72. The molecule has 0 aliphatic carbocycles. The van der Waals surface area contributed by atoms with Gasteiger partial charge in [-0.25, -0.2) is 0 Å². The number of unbranched alkanes of at least 4 members (excludes halogenated alkanes) is 1. The van der Waals surface area contributed by atoms with Crippen LogP contribution in [-0.4, -0.2) is 29.1 Å². The third-order valence-corrected chi connectivity index (χ3v) is 3.78. The van der Waals surface area contributed by atoms with Gasteiger partial charge in [-0.2, -0.15) is 0 Å². The molecular formula is C16H24N2O. The van der Waals surface area contributed by atoms with Crippen LogP contribution in [0.25, 0.3) is 0 Å². The Morgan fingerprint density at radius 1 is 1.26 bits per heavy atom. The molecule has 0 bridgehead atoms. The van der Waals surface area contributed by atoms with Gasteiger partial charge < -0.3 is 4.90 Å². The highest BCUT2D eigenvalue weighted by Gasteiger charge is 2.43. The second kappa shape index (κ2) is 5.74. The van der Waals surface area contributed by atoms with Crippen molar-refractivity contribution in [3.8, 4) is 0 Å². The largest absolute Gasteiger partial charge is 0.324 e. The van der Waals surface area contributed by atoms with Gasteiger partial charge in [-0.3, -0.25) is 10.1 Å². The van der Waals surface area contributed by atoms with Crippen molar-refractivity contribution in [2.24, 2.45) is 0 Å². The van der Waals surface area contributed by atoms with Gasteiger partial charge in [-0.05, 0) is 32.3 Å². The summed E-state index contributed by atoms with van der Waals surface area (Å²) in [5, 5.41) is 3.46. The zero-order valence-corrected chi connectivity index (χ0v) is 12.1. The van der Waals surface area contributed by atoms with Crippen molar-refractivity contribution in [3.05, 3.63) is 35.9 Å². The van der Waals surface area contributed by atoms with E-state index >= 15 is 0 Å². The number of carbonyl (C=O) groups excluding carboxylic acids is 1. The molecule has 1 amide bonds.